The summed E-state index contributed by atoms with van der Waals surface area (Å²) in [7, 11) is 0. The summed E-state index contributed by atoms with van der Waals surface area (Å²) in [6.07, 6.45) is 2.88. The minimum Gasteiger partial charge on any atom is -0.504 e. The van der Waals surface area contributed by atoms with Gasteiger partial charge in [-0.1, -0.05) is 65.5 Å². The normalized spacial score (nSPS) is 47.4. The summed E-state index contributed by atoms with van der Waals surface area (Å²) in [5.41, 5.74) is -1.60. The number of carbonyl (C=O) groups excluding carboxylic acids is 2. The molecule has 0 saturated carbocycles. The van der Waals surface area contributed by atoms with Crippen molar-refractivity contribution in [3.8, 4) is 0 Å². The van der Waals surface area contributed by atoms with E-state index in [4.69, 9.17) is 59.3 Å². The van der Waals surface area contributed by atoms with Crippen LogP contribution in [0.3, 0.4) is 0 Å². The summed E-state index contributed by atoms with van der Waals surface area (Å²) in [6.45, 7) is 11.8. The van der Waals surface area contributed by atoms with Crippen molar-refractivity contribution < 1.29 is 66.8 Å². The predicted octanol–water partition coefficient (Wildman–Crippen LogP) is 6.03. The Morgan fingerprint density at radius 2 is 1.39 bits per heavy atom. The SMILES string of the molecule is CSC(=S)O[C@H](C)[C@@H]1C/C=C\CC[C@H](O)C(C)(C)[C@@H]2CC[C@@H](C)[C@]3(O2)O[B-]24O[C@@H](C(=O)O1)[C@@]1(O[C@@H](CC[C@H]1C)C(C)(C)[C@H](O)CCC[C@@H]1C[C@H](OC(=O)[C@@H]3O2)[C@@H](C)O1)O4. The second kappa shape index (κ2) is 17.3. The van der Waals surface area contributed by atoms with Crippen LogP contribution < -0.4 is 0 Å². The van der Waals surface area contributed by atoms with Crippen LogP contribution in [0.1, 0.15) is 126 Å². The zero-order chi connectivity index (χ0) is 42.7. The number of ether oxygens (including phenoxy) is 6. The van der Waals surface area contributed by atoms with Crippen molar-refractivity contribution in [1.29, 1.82) is 0 Å². The van der Waals surface area contributed by atoms with E-state index in [1.165, 1.54) is 11.8 Å². The van der Waals surface area contributed by atoms with E-state index in [-0.39, 0.29) is 12.5 Å². The fourth-order valence-corrected chi connectivity index (χ4v) is 10.7. The van der Waals surface area contributed by atoms with Crippen molar-refractivity contribution in [2.45, 2.75) is 205 Å². The van der Waals surface area contributed by atoms with Crippen LogP contribution in [0, 0.1) is 22.7 Å². The van der Waals surface area contributed by atoms with Crippen LogP contribution in [0.15, 0.2) is 12.2 Å². The quantitative estimate of drug-likeness (QED) is 0.143. The Hall–Kier alpha value is -1.38. The molecule has 0 amide bonds. The first-order valence-corrected chi connectivity index (χ1v) is 23.5. The van der Waals surface area contributed by atoms with Gasteiger partial charge in [-0.15, -0.1) is 0 Å². The molecule has 7 heterocycles. The number of hydrogen-bond donors (Lipinski definition) is 2. The molecule has 2 N–H and O–H groups in total. The van der Waals surface area contributed by atoms with E-state index in [1.807, 2.05) is 66.9 Å². The molecular weight excluding hydrogens is 803 g/mol. The summed E-state index contributed by atoms with van der Waals surface area (Å²) < 4.78 is 66.5. The molecule has 17 heteroatoms. The maximum atomic E-state index is 14.9. The maximum Gasteiger partial charge on any atom is 0.536 e. The molecule has 7 aliphatic rings. The zero-order valence-corrected chi connectivity index (χ0v) is 37.8. The molecule has 1 unspecified atom stereocenters. The number of hydrogen-bond acceptors (Lipinski definition) is 16. The number of cyclic esters (lactones) is 1. The van der Waals surface area contributed by atoms with Gasteiger partial charge < -0.3 is 57.3 Å². The van der Waals surface area contributed by atoms with Crippen LogP contribution in [-0.4, -0.2) is 118 Å². The van der Waals surface area contributed by atoms with E-state index in [0.29, 0.717) is 68.6 Å². The molecule has 0 aromatic carbocycles. The smallest absolute Gasteiger partial charge is 0.504 e. The topological polar surface area (TPSA) is 167 Å². The maximum absolute atomic E-state index is 14.9. The lowest BCUT2D eigenvalue weighted by atomic mass is 9.73. The number of thiocarbonyl (C=S) groups is 1. The van der Waals surface area contributed by atoms with Crippen molar-refractivity contribution in [2.75, 3.05) is 6.26 Å². The van der Waals surface area contributed by atoms with Gasteiger partial charge in [-0.25, -0.2) is 9.59 Å². The van der Waals surface area contributed by atoms with Crippen LogP contribution in [-0.2, 0) is 56.6 Å². The molecule has 3 spiro atoms. The van der Waals surface area contributed by atoms with Crippen LogP contribution in [0.4, 0.5) is 0 Å². The van der Waals surface area contributed by atoms with Gasteiger partial charge in [0, 0.05) is 35.5 Å². The van der Waals surface area contributed by atoms with Crippen LogP contribution in [0.25, 0.3) is 0 Å². The van der Waals surface area contributed by atoms with E-state index in [1.54, 1.807) is 6.92 Å². The number of esters is 2. The molecule has 7 rings (SSSR count). The van der Waals surface area contributed by atoms with Crippen molar-refractivity contribution >= 4 is 47.3 Å². The first kappa shape index (κ1) is 45.6. The number of aliphatic hydroxyl groups excluding tert-OH is 2. The van der Waals surface area contributed by atoms with E-state index < -0.39 is 114 Å². The third-order valence-electron chi connectivity index (χ3n) is 14.6. The Kier molecular flexibility index (Phi) is 13.4. The summed E-state index contributed by atoms with van der Waals surface area (Å²) >= 11 is 6.66. The van der Waals surface area contributed by atoms with Gasteiger partial charge in [-0.05, 0) is 90.1 Å². The highest BCUT2D eigenvalue weighted by Gasteiger charge is 2.73. The molecule has 0 radical (unpaired) electrons. The lowest BCUT2D eigenvalue weighted by Gasteiger charge is -2.52. The molecule has 0 aromatic rings. The van der Waals surface area contributed by atoms with Gasteiger partial charge >= 0.3 is 18.9 Å². The van der Waals surface area contributed by atoms with Crippen LogP contribution in [0.2, 0.25) is 0 Å². The fraction of sp³-hybridized carbons (Fsp3) is 0.881. The summed E-state index contributed by atoms with van der Waals surface area (Å²) in [5.74, 6) is -6.15. The molecule has 16 atom stereocenters. The highest BCUT2D eigenvalue weighted by molar-refractivity contribution is 8.22. The van der Waals surface area contributed by atoms with Crippen molar-refractivity contribution in [1.82, 2.24) is 0 Å². The Morgan fingerprint density at radius 1 is 0.831 bits per heavy atom. The van der Waals surface area contributed by atoms with Gasteiger partial charge in [0.05, 0.1) is 36.6 Å². The van der Waals surface area contributed by atoms with Gasteiger partial charge in [0.1, 0.15) is 18.3 Å². The first-order chi connectivity index (χ1) is 27.8. The molecule has 14 nitrogen and oxygen atoms in total. The molecule has 0 aliphatic carbocycles. The van der Waals surface area contributed by atoms with Gasteiger partial charge in [0.15, 0.2) is 23.8 Å². The van der Waals surface area contributed by atoms with Crippen molar-refractivity contribution in [3.05, 3.63) is 12.2 Å². The second-order valence-corrected chi connectivity index (χ2v) is 20.7. The third-order valence-corrected chi connectivity index (χ3v) is 15.7. The lowest BCUT2D eigenvalue weighted by Crippen LogP contribution is -2.61. The summed E-state index contributed by atoms with van der Waals surface area (Å²) in [4.78, 5) is 29.7. The van der Waals surface area contributed by atoms with Gasteiger partial charge in [-0.3, -0.25) is 0 Å². The Morgan fingerprint density at radius 3 is 1.97 bits per heavy atom. The van der Waals surface area contributed by atoms with E-state index in [0.717, 1.165) is 0 Å². The minimum atomic E-state index is -3.47. The predicted molar refractivity (Wildman–Crippen MR) is 221 cm³/mol. The number of allylic oxidation sites excluding steroid dienone is 1. The highest BCUT2D eigenvalue weighted by atomic mass is 32.2. The van der Waals surface area contributed by atoms with E-state index in [9.17, 15) is 19.8 Å². The third kappa shape index (κ3) is 8.54. The Labute approximate surface area is 358 Å². The van der Waals surface area contributed by atoms with Crippen LogP contribution in [0.5, 0.6) is 0 Å². The van der Waals surface area contributed by atoms with Gasteiger partial charge in [0.2, 0.25) is 4.38 Å². The number of rotatable bonds is 2. The van der Waals surface area contributed by atoms with Crippen molar-refractivity contribution in [2.24, 2.45) is 22.7 Å². The Bertz CT molecular complexity index is 1600. The average Bonchev–Trinajstić information content (AvgIpc) is 3.81. The number of fused-ring (bicyclic) bond motifs is 6. The first-order valence-electron chi connectivity index (χ1n) is 21.8. The number of thioether (sulfide) groups is 1. The largest absolute Gasteiger partial charge is 0.536 e. The van der Waals surface area contributed by atoms with Gasteiger partial charge in [0.25, 0.3) is 0 Å². The van der Waals surface area contributed by atoms with E-state index in [2.05, 4.69) is 0 Å². The van der Waals surface area contributed by atoms with Gasteiger partial charge in [-0.2, -0.15) is 0 Å². The second-order valence-electron chi connectivity index (χ2n) is 19.3. The summed E-state index contributed by atoms with van der Waals surface area (Å²) in [5, 5.41) is 23.5. The monoisotopic (exact) mass is 869 g/mol. The zero-order valence-electron chi connectivity index (χ0n) is 36.1. The number of aliphatic hydroxyl groups is 2. The molecule has 9 bridgehead atoms. The van der Waals surface area contributed by atoms with Crippen molar-refractivity contribution in [3.63, 3.8) is 0 Å². The summed E-state index contributed by atoms with van der Waals surface area (Å²) in [6, 6.07) is 0. The Balaban J connectivity index is 1.37. The minimum absolute atomic E-state index is 0.171. The molecule has 6 saturated heterocycles. The molecule has 59 heavy (non-hydrogen) atoms. The molecule has 0 aromatic heterocycles. The fourth-order valence-electron chi connectivity index (χ4n) is 10.3. The molecular formula is C42H66BO14S2-. The standard InChI is InChI=1S/C42H66BO14S2/c1-23-19-21-33-40(7,8)31(45)17-13-14-27-22-29(26(4)48-27)51-37(47)35-42-24(2)18-20-32(52-42)39(5,6)30(44)16-12-10-11-15-28(25(3)49-38(58)59-9)50-36(46)34-41(23,53-33)56-43(54-34,55-35)57-42/h10-11,23-35,44-45H,12-22H2,1-9H3/q-1/b11-10-/t23-,24-,25-,26-,27-,28+,29+,30+,31-,32+,33+,34+,35+,41+,42+,43?/m1/s1. The highest BCUT2D eigenvalue weighted by Crippen LogP contribution is 2.57. The van der Waals surface area contributed by atoms with E-state index >= 15 is 0 Å². The lowest BCUT2D eigenvalue weighted by molar-refractivity contribution is -0.311. The number of carbonyl (C=O) groups is 2. The molecule has 6 fully saturated rings. The average molecular weight is 870 g/mol. The molecule has 7 aliphatic heterocycles. The van der Waals surface area contributed by atoms with Crippen LogP contribution >= 0.6 is 24.0 Å². The molecule has 334 valence electrons.